The van der Waals surface area contributed by atoms with E-state index in [0.29, 0.717) is 5.75 Å². The van der Waals surface area contributed by atoms with Gasteiger partial charge in [-0.3, -0.25) is 9.78 Å². The molecule has 23 heavy (non-hydrogen) atoms. The van der Waals surface area contributed by atoms with Gasteiger partial charge in [0, 0.05) is 18.5 Å². The lowest BCUT2D eigenvalue weighted by Crippen LogP contribution is -2.26. The van der Waals surface area contributed by atoms with Crippen LogP contribution in [0, 0.1) is 0 Å². The Labute approximate surface area is 133 Å². The predicted molar refractivity (Wildman–Crippen MR) is 85.3 cm³/mol. The fraction of sp³-hybridized carbons (Fsp3) is 0.111. The Kier molecular flexibility index (Phi) is 4.38. The minimum Gasteiger partial charge on any atom is -0.426 e. The molecule has 1 N–H and O–H groups in total. The molecule has 3 aromatic rings. The molecule has 0 saturated carbocycles. The van der Waals surface area contributed by atoms with Gasteiger partial charge < -0.3 is 14.5 Å². The van der Waals surface area contributed by atoms with Crippen molar-refractivity contribution in [2.75, 3.05) is 0 Å². The first-order chi connectivity index (χ1) is 11.2. The summed E-state index contributed by atoms with van der Waals surface area (Å²) in [6.07, 6.45) is 3.41. The third-order valence-electron chi connectivity index (χ3n) is 3.30. The number of amides is 1. The Morgan fingerprint density at radius 3 is 2.70 bits per heavy atom. The highest BCUT2D eigenvalue weighted by Crippen LogP contribution is 2.23. The summed E-state index contributed by atoms with van der Waals surface area (Å²) in [7, 11) is 0. The second-order valence-corrected chi connectivity index (χ2v) is 5.02. The minimum atomic E-state index is -0.302. The number of carbonyl (C=O) groups is 1. The van der Waals surface area contributed by atoms with Crippen molar-refractivity contribution in [3.05, 3.63) is 78.3 Å². The van der Waals surface area contributed by atoms with E-state index in [1.165, 1.54) is 0 Å². The Morgan fingerprint density at radius 2 is 1.96 bits per heavy atom. The fourth-order valence-electron chi connectivity index (χ4n) is 2.08. The van der Waals surface area contributed by atoms with Gasteiger partial charge in [-0.15, -0.1) is 0 Å². The largest absolute Gasteiger partial charge is 0.426 e. The van der Waals surface area contributed by atoms with Crippen LogP contribution in [0.5, 0.6) is 11.7 Å². The Bertz CT molecular complexity index is 769. The Morgan fingerprint density at radius 1 is 1.13 bits per heavy atom. The summed E-state index contributed by atoms with van der Waals surface area (Å²) in [5, 5.41) is 2.86. The van der Waals surface area contributed by atoms with Gasteiger partial charge in [0.1, 0.15) is 5.75 Å². The monoisotopic (exact) mass is 308 g/mol. The molecule has 116 valence electrons. The highest BCUT2D eigenvalue weighted by Gasteiger charge is 2.15. The van der Waals surface area contributed by atoms with Crippen LogP contribution < -0.4 is 10.1 Å². The summed E-state index contributed by atoms with van der Waals surface area (Å²) < 4.78 is 11.0. The average Bonchev–Trinajstić information content (AvgIpc) is 3.05. The molecule has 0 aliphatic rings. The third-order valence-corrected chi connectivity index (χ3v) is 3.30. The van der Waals surface area contributed by atoms with Crippen LogP contribution in [0.3, 0.4) is 0 Å². The molecule has 0 unspecified atom stereocenters. The van der Waals surface area contributed by atoms with Gasteiger partial charge in [-0.25, -0.2) is 0 Å². The molecule has 2 aromatic heterocycles. The molecule has 0 fully saturated rings. The van der Waals surface area contributed by atoms with Crippen LogP contribution in [0.15, 0.2) is 71.4 Å². The highest BCUT2D eigenvalue weighted by molar-refractivity contribution is 5.91. The van der Waals surface area contributed by atoms with Crippen molar-refractivity contribution in [2.24, 2.45) is 0 Å². The molecular weight excluding hydrogens is 292 g/mol. The number of ether oxygens (including phenoxy) is 1. The number of pyridine rings is 1. The first kappa shape index (κ1) is 14.8. The van der Waals surface area contributed by atoms with Crippen LogP contribution in [0.1, 0.15) is 29.1 Å². The molecule has 0 spiro atoms. The molecule has 1 amide bonds. The first-order valence-electron chi connectivity index (χ1n) is 7.26. The summed E-state index contributed by atoms with van der Waals surface area (Å²) in [5.74, 6) is 0.823. The van der Waals surface area contributed by atoms with E-state index in [-0.39, 0.29) is 23.7 Å². The molecular formula is C18H16N2O3. The van der Waals surface area contributed by atoms with Crippen LogP contribution in [0.2, 0.25) is 0 Å². The molecule has 3 rings (SSSR count). The second-order valence-electron chi connectivity index (χ2n) is 5.02. The van der Waals surface area contributed by atoms with Crippen molar-refractivity contribution in [2.45, 2.75) is 13.0 Å². The van der Waals surface area contributed by atoms with E-state index < -0.39 is 0 Å². The topological polar surface area (TPSA) is 64.4 Å². The van der Waals surface area contributed by atoms with E-state index in [9.17, 15) is 4.79 Å². The summed E-state index contributed by atoms with van der Waals surface area (Å²) in [4.78, 5) is 16.3. The van der Waals surface area contributed by atoms with Crippen molar-refractivity contribution in [3.63, 3.8) is 0 Å². The number of para-hydroxylation sites is 1. The molecule has 0 aliphatic carbocycles. The van der Waals surface area contributed by atoms with Crippen molar-refractivity contribution in [3.8, 4) is 11.7 Å². The zero-order chi connectivity index (χ0) is 16.1. The van der Waals surface area contributed by atoms with Gasteiger partial charge in [0.15, 0.2) is 5.76 Å². The van der Waals surface area contributed by atoms with Gasteiger partial charge in [-0.2, -0.15) is 0 Å². The number of furan rings is 1. The van der Waals surface area contributed by atoms with Gasteiger partial charge >= 0.3 is 0 Å². The molecule has 0 radical (unpaired) electrons. The zero-order valence-corrected chi connectivity index (χ0v) is 12.6. The maximum atomic E-state index is 12.2. The summed E-state index contributed by atoms with van der Waals surface area (Å²) in [6, 6.07) is 16.0. The second kappa shape index (κ2) is 6.79. The smallest absolute Gasteiger partial charge is 0.290 e. The van der Waals surface area contributed by atoms with Gasteiger partial charge in [-0.1, -0.05) is 24.3 Å². The number of rotatable bonds is 5. The van der Waals surface area contributed by atoms with Crippen molar-refractivity contribution in [1.29, 1.82) is 0 Å². The molecule has 1 aromatic carbocycles. The van der Waals surface area contributed by atoms with Crippen LogP contribution in [-0.2, 0) is 0 Å². The minimum absolute atomic E-state index is 0.167. The van der Waals surface area contributed by atoms with Crippen molar-refractivity contribution in [1.82, 2.24) is 10.3 Å². The van der Waals surface area contributed by atoms with E-state index in [1.807, 2.05) is 49.4 Å². The van der Waals surface area contributed by atoms with E-state index in [1.54, 1.807) is 24.5 Å². The molecule has 5 nitrogen and oxygen atoms in total. The van der Waals surface area contributed by atoms with Gasteiger partial charge in [0.2, 0.25) is 0 Å². The Hall–Kier alpha value is -3.08. The van der Waals surface area contributed by atoms with Crippen LogP contribution in [-0.4, -0.2) is 10.9 Å². The number of hydrogen-bond donors (Lipinski definition) is 1. The third kappa shape index (κ3) is 3.77. The van der Waals surface area contributed by atoms with Crippen molar-refractivity contribution < 1.29 is 13.9 Å². The Balaban J connectivity index is 1.64. The lowest BCUT2D eigenvalue weighted by molar-refractivity contribution is 0.0907. The molecule has 2 heterocycles. The molecule has 0 saturated heterocycles. The van der Waals surface area contributed by atoms with E-state index in [0.717, 1.165) is 5.56 Å². The quantitative estimate of drug-likeness (QED) is 0.775. The molecule has 0 aliphatic heterocycles. The van der Waals surface area contributed by atoms with Gasteiger partial charge in [0.05, 0.1) is 6.04 Å². The van der Waals surface area contributed by atoms with Crippen LogP contribution in [0.25, 0.3) is 0 Å². The maximum absolute atomic E-state index is 12.2. The normalized spacial score (nSPS) is 11.7. The lowest BCUT2D eigenvalue weighted by Gasteiger charge is -2.12. The zero-order valence-electron chi connectivity index (χ0n) is 12.6. The fourth-order valence-corrected chi connectivity index (χ4v) is 2.08. The molecule has 1 atom stereocenters. The van der Waals surface area contributed by atoms with E-state index >= 15 is 0 Å². The van der Waals surface area contributed by atoms with Gasteiger partial charge in [-0.05, 0) is 36.8 Å². The number of hydrogen-bond acceptors (Lipinski definition) is 4. The van der Waals surface area contributed by atoms with E-state index in [4.69, 9.17) is 9.15 Å². The predicted octanol–water partition coefficient (Wildman–Crippen LogP) is 3.96. The maximum Gasteiger partial charge on any atom is 0.290 e. The van der Waals surface area contributed by atoms with Crippen LogP contribution in [0.4, 0.5) is 0 Å². The number of nitrogens with zero attached hydrogens (tertiary/aromatic N) is 1. The first-order valence-corrected chi connectivity index (χ1v) is 7.26. The molecule has 5 heteroatoms. The number of carbonyl (C=O) groups excluding carboxylic acids is 1. The summed E-state index contributed by atoms with van der Waals surface area (Å²) in [6.45, 7) is 1.89. The molecule has 0 bridgehead atoms. The van der Waals surface area contributed by atoms with Crippen LogP contribution >= 0.6 is 0 Å². The highest BCUT2D eigenvalue weighted by atomic mass is 16.6. The standard InChI is InChI=1S/C18H16N2O3/c1-13(14-6-5-11-19-12-14)20-18(21)16-9-10-17(23-16)22-15-7-3-2-4-8-15/h2-13H,1H3,(H,20,21)/t13-/m1/s1. The van der Waals surface area contributed by atoms with Crippen molar-refractivity contribution >= 4 is 5.91 Å². The van der Waals surface area contributed by atoms with E-state index in [2.05, 4.69) is 10.3 Å². The summed E-state index contributed by atoms with van der Waals surface area (Å²) in [5.41, 5.74) is 0.924. The summed E-state index contributed by atoms with van der Waals surface area (Å²) >= 11 is 0. The van der Waals surface area contributed by atoms with Gasteiger partial charge in [0.25, 0.3) is 11.9 Å². The number of nitrogens with one attached hydrogen (secondary N) is 1. The number of aromatic nitrogens is 1. The number of benzene rings is 1. The lowest BCUT2D eigenvalue weighted by atomic mass is 10.1. The average molecular weight is 308 g/mol. The SMILES string of the molecule is C[C@@H](NC(=O)c1ccc(Oc2ccccc2)o1)c1cccnc1.